The molecule has 0 bridgehead atoms. The van der Waals surface area contributed by atoms with E-state index in [1.54, 1.807) is 6.33 Å². The highest BCUT2D eigenvalue weighted by Gasteiger charge is 2.43. The average molecular weight is 289 g/mol. The molecule has 2 fully saturated rings. The van der Waals surface area contributed by atoms with Gasteiger partial charge in [-0.15, -0.1) is 10.2 Å². The second-order valence-electron chi connectivity index (χ2n) is 5.88. The zero-order chi connectivity index (χ0) is 14.3. The largest absolute Gasteiger partial charge is 0.401 e. The summed E-state index contributed by atoms with van der Waals surface area (Å²) >= 11 is 0. The summed E-state index contributed by atoms with van der Waals surface area (Å²) in [5, 5.41) is 7.89. The standard InChI is InChI=1S/C12H18F3N5/c1-18-8-16-17-11(18)6-19-2-9-4-20(5-10(9)3-19)7-12(13,14)15/h8-10H,2-7H2,1H3. The Labute approximate surface area is 115 Å². The number of nitrogens with zero attached hydrogens (tertiary/aromatic N) is 5. The summed E-state index contributed by atoms with van der Waals surface area (Å²) in [5.41, 5.74) is 0. The first-order valence-electron chi connectivity index (χ1n) is 6.75. The molecule has 2 atom stereocenters. The van der Waals surface area contributed by atoms with Crippen LogP contribution in [-0.2, 0) is 13.6 Å². The molecule has 0 radical (unpaired) electrons. The number of hydrogen-bond donors (Lipinski definition) is 0. The molecule has 2 aliphatic rings. The van der Waals surface area contributed by atoms with Crippen LogP contribution >= 0.6 is 0 Å². The maximum atomic E-state index is 12.4. The molecule has 0 saturated carbocycles. The lowest BCUT2D eigenvalue weighted by Gasteiger charge is -2.21. The second kappa shape index (κ2) is 5.00. The third-order valence-electron chi connectivity index (χ3n) is 4.21. The number of alkyl halides is 3. The molecule has 20 heavy (non-hydrogen) atoms. The second-order valence-corrected chi connectivity index (χ2v) is 5.88. The Morgan fingerprint density at radius 3 is 2.25 bits per heavy atom. The van der Waals surface area contributed by atoms with Gasteiger partial charge in [0.05, 0.1) is 13.1 Å². The van der Waals surface area contributed by atoms with Crippen LogP contribution in [0.25, 0.3) is 0 Å². The van der Waals surface area contributed by atoms with Crippen molar-refractivity contribution in [2.75, 3.05) is 32.7 Å². The van der Waals surface area contributed by atoms with E-state index in [-0.39, 0.29) is 0 Å². The highest BCUT2D eigenvalue weighted by molar-refractivity contribution is 4.95. The van der Waals surface area contributed by atoms with Gasteiger partial charge in [0.2, 0.25) is 0 Å². The van der Waals surface area contributed by atoms with Crippen molar-refractivity contribution in [2.24, 2.45) is 18.9 Å². The number of likely N-dealkylation sites (tertiary alicyclic amines) is 2. The molecule has 8 heteroatoms. The predicted octanol–water partition coefficient (Wildman–Crippen LogP) is 0.741. The molecule has 3 rings (SSSR count). The van der Waals surface area contributed by atoms with Gasteiger partial charge < -0.3 is 4.57 Å². The van der Waals surface area contributed by atoms with E-state index in [2.05, 4.69) is 15.1 Å². The van der Waals surface area contributed by atoms with Crippen LogP contribution < -0.4 is 0 Å². The highest BCUT2D eigenvalue weighted by Crippen LogP contribution is 2.33. The van der Waals surface area contributed by atoms with E-state index in [4.69, 9.17) is 0 Å². The summed E-state index contributed by atoms with van der Waals surface area (Å²) in [6.45, 7) is 2.77. The fourth-order valence-electron chi connectivity index (χ4n) is 3.35. The zero-order valence-corrected chi connectivity index (χ0v) is 11.3. The van der Waals surface area contributed by atoms with E-state index in [1.807, 2.05) is 11.6 Å². The minimum atomic E-state index is -4.09. The molecule has 112 valence electrons. The van der Waals surface area contributed by atoms with Crippen LogP contribution in [0.2, 0.25) is 0 Å². The van der Waals surface area contributed by atoms with Crippen LogP contribution in [0.3, 0.4) is 0 Å². The van der Waals surface area contributed by atoms with Gasteiger partial charge in [0.1, 0.15) is 12.2 Å². The number of aryl methyl sites for hydroxylation is 1. The lowest BCUT2D eigenvalue weighted by atomic mass is 10.0. The number of aromatic nitrogens is 3. The molecule has 2 aliphatic heterocycles. The van der Waals surface area contributed by atoms with Gasteiger partial charge in [0.25, 0.3) is 0 Å². The van der Waals surface area contributed by atoms with Crippen LogP contribution in [0.5, 0.6) is 0 Å². The summed E-state index contributed by atoms with van der Waals surface area (Å²) in [7, 11) is 1.90. The maximum absolute atomic E-state index is 12.4. The maximum Gasteiger partial charge on any atom is 0.401 e. The van der Waals surface area contributed by atoms with Crippen LogP contribution in [-0.4, -0.2) is 63.5 Å². The third-order valence-corrected chi connectivity index (χ3v) is 4.21. The number of halogens is 3. The Kier molecular flexibility index (Phi) is 3.45. The van der Waals surface area contributed by atoms with Crippen molar-refractivity contribution in [1.82, 2.24) is 24.6 Å². The SMILES string of the molecule is Cn1cnnc1CN1CC2CN(CC(F)(F)F)CC2C1. The Morgan fingerprint density at radius 2 is 1.75 bits per heavy atom. The molecule has 0 aliphatic carbocycles. The van der Waals surface area contributed by atoms with Crippen molar-refractivity contribution in [2.45, 2.75) is 12.7 Å². The van der Waals surface area contributed by atoms with E-state index >= 15 is 0 Å². The van der Waals surface area contributed by atoms with Gasteiger partial charge >= 0.3 is 6.18 Å². The lowest BCUT2D eigenvalue weighted by Crippen LogP contribution is -2.35. The molecule has 5 nitrogen and oxygen atoms in total. The molecule has 1 aromatic rings. The number of rotatable bonds is 3. The predicted molar refractivity (Wildman–Crippen MR) is 65.8 cm³/mol. The monoisotopic (exact) mass is 289 g/mol. The van der Waals surface area contributed by atoms with Gasteiger partial charge in [-0.1, -0.05) is 0 Å². The fraction of sp³-hybridized carbons (Fsp3) is 0.833. The van der Waals surface area contributed by atoms with Gasteiger partial charge in [-0.05, 0) is 11.8 Å². The van der Waals surface area contributed by atoms with Crippen molar-refractivity contribution >= 4 is 0 Å². The highest BCUT2D eigenvalue weighted by atomic mass is 19.4. The average Bonchev–Trinajstić information content (AvgIpc) is 2.93. The van der Waals surface area contributed by atoms with E-state index < -0.39 is 12.7 Å². The summed E-state index contributed by atoms with van der Waals surface area (Å²) < 4.78 is 39.0. The molecular weight excluding hydrogens is 271 g/mol. The van der Waals surface area contributed by atoms with Gasteiger partial charge in [0, 0.05) is 33.2 Å². The molecule has 0 aromatic carbocycles. The summed E-state index contributed by atoms with van der Waals surface area (Å²) in [4.78, 5) is 3.80. The first kappa shape index (κ1) is 13.8. The zero-order valence-electron chi connectivity index (χ0n) is 11.3. The minimum absolute atomic E-state index is 0.352. The van der Waals surface area contributed by atoms with Crippen molar-refractivity contribution in [3.63, 3.8) is 0 Å². The van der Waals surface area contributed by atoms with E-state index in [1.165, 1.54) is 4.90 Å². The van der Waals surface area contributed by atoms with Crippen LogP contribution in [0.1, 0.15) is 5.82 Å². The smallest absolute Gasteiger partial charge is 0.320 e. The lowest BCUT2D eigenvalue weighted by molar-refractivity contribution is -0.144. The van der Waals surface area contributed by atoms with Crippen LogP contribution in [0.15, 0.2) is 6.33 Å². The van der Waals surface area contributed by atoms with Gasteiger partial charge in [0.15, 0.2) is 0 Å². The normalized spacial score (nSPS) is 28.2. The Balaban J connectivity index is 1.52. The summed E-state index contributed by atoms with van der Waals surface area (Å²) in [6, 6.07) is 0. The van der Waals surface area contributed by atoms with Crippen LogP contribution in [0, 0.1) is 11.8 Å². The molecule has 3 heterocycles. The van der Waals surface area contributed by atoms with Crippen LogP contribution in [0.4, 0.5) is 13.2 Å². The van der Waals surface area contributed by atoms with E-state index in [0.29, 0.717) is 24.9 Å². The van der Waals surface area contributed by atoms with E-state index in [9.17, 15) is 13.2 Å². The first-order chi connectivity index (χ1) is 9.40. The number of fused-ring (bicyclic) bond motifs is 1. The topological polar surface area (TPSA) is 37.2 Å². The van der Waals surface area contributed by atoms with Gasteiger partial charge in [-0.3, -0.25) is 9.80 Å². The van der Waals surface area contributed by atoms with Crippen molar-refractivity contribution in [3.05, 3.63) is 12.2 Å². The quantitative estimate of drug-likeness (QED) is 0.822. The Bertz CT molecular complexity index is 458. The van der Waals surface area contributed by atoms with Gasteiger partial charge in [-0.25, -0.2) is 0 Å². The van der Waals surface area contributed by atoms with Crippen molar-refractivity contribution in [1.29, 1.82) is 0 Å². The molecule has 1 aromatic heterocycles. The summed E-state index contributed by atoms with van der Waals surface area (Å²) in [6.07, 6.45) is -2.42. The van der Waals surface area contributed by atoms with Crippen molar-refractivity contribution < 1.29 is 13.2 Å². The Morgan fingerprint density at radius 1 is 1.15 bits per heavy atom. The first-order valence-corrected chi connectivity index (χ1v) is 6.75. The Hall–Kier alpha value is -1.15. The molecule has 0 spiro atoms. The molecule has 0 N–H and O–H groups in total. The van der Waals surface area contributed by atoms with E-state index in [0.717, 1.165) is 25.5 Å². The number of hydrogen-bond acceptors (Lipinski definition) is 4. The molecule has 2 unspecified atom stereocenters. The summed E-state index contributed by atoms with van der Waals surface area (Å²) in [5.74, 6) is 1.60. The van der Waals surface area contributed by atoms with Crippen molar-refractivity contribution in [3.8, 4) is 0 Å². The molecular formula is C12H18F3N5. The third kappa shape index (κ3) is 2.95. The molecule has 0 amide bonds. The minimum Gasteiger partial charge on any atom is -0.320 e. The van der Waals surface area contributed by atoms with Gasteiger partial charge in [-0.2, -0.15) is 13.2 Å². The fourth-order valence-corrected chi connectivity index (χ4v) is 3.35. The molecule has 2 saturated heterocycles.